The zero-order valence-corrected chi connectivity index (χ0v) is 32.2. The maximum atomic E-state index is 14.2. The van der Waals surface area contributed by atoms with Crippen LogP contribution in [0.3, 0.4) is 0 Å². The van der Waals surface area contributed by atoms with Crippen molar-refractivity contribution in [3.63, 3.8) is 0 Å². The third-order valence-corrected chi connectivity index (χ3v) is 10.8. The molecule has 0 saturated carbocycles. The van der Waals surface area contributed by atoms with Crippen molar-refractivity contribution >= 4 is 21.5 Å². The molecule has 8 nitrogen and oxygen atoms in total. The number of rotatable bonds is 13. The minimum absolute atomic E-state index is 0.0100. The molecule has 0 saturated heterocycles. The second-order valence-electron chi connectivity index (χ2n) is 13.7. The summed E-state index contributed by atoms with van der Waals surface area (Å²) < 4.78 is 163. The molecule has 0 bridgehead atoms. The maximum absolute atomic E-state index is 14.2. The summed E-state index contributed by atoms with van der Waals surface area (Å²) in [6.07, 6.45) is -13.0. The Balaban J connectivity index is 1.57. The van der Waals surface area contributed by atoms with Gasteiger partial charge in [-0.2, -0.15) is 39.5 Å². The molecule has 0 fully saturated rings. The highest BCUT2D eigenvalue weighted by atomic mass is 32.2. The van der Waals surface area contributed by atoms with E-state index in [1.165, 1.54) is 31.4 Å². The van der Waals surface area contributed by atoms with Crippen LogP contribution in [-0.4, -0.2) is 37.9 Å². The molecule has 4 aromatic carbocycles. The molecule has 0 aliphatic carbocycles. The van der Waals surface area contributed by atoms with Crippen molar-refractivity contribution in [2.75, 3.05) is 30.1 Å². The van der Waals surface area contributed by atoms with Gasteiger partial charge in [0.05, 0.1) is 46.8 Å². The first-order chi connectivity index (χ1) is 27.0. The van der Waals surface area contributed by atoms with Gasteiger partial charge >= 0.3 is 18.5 Å². The number of benzene rings is 4. The Kier molecular flexibility index (Phi) is 12.6. The molecule has 0 spiro atoms. The van der Waals surface area contributed by atoms with Gasteiger partial charge in [0.1, 0.15) is 12.4 Å². The SMILES string of the molecule is COc1ccc(C(C)C)cc1-c1ccc(C(F)(F)F)cc1CN(Cc1cc(C(F)(F)F)cc(C(F)(F)F)c1)c1ncc(OCCS(=O)(=O)c2ccc(N)c(C)c2)cn1. The van der Waals surface area contributed by atoms with Gasteiger partial charge in [0.25, 0.3) is 0 Å². The van der Waals surface area contributed by atoms with Crippen LogP contribution in [0.4, 0.5) is 51.1 Å². The molecule has 1 heterocycles. The minimum atomic E-state index is -5.18. The zero-order chi connectivity index (χ0) is 42.8. The number of alkyl halides is 9. The van der Waals surface area contributed by atoms with Crippen LogP contribution in [0.5, 0.6) is 11.5 Å². The summed E-state index contributed by atoms with van der Waals surface area (Å²) in [5, 5.41) is 0. The summed E-state index contributed by atoms with van der Waals surface area (Å²) in [6, 6.07) is 13.2. The standard InChI is InChI=1S/C40H37F9N4O4S/c1-23(2)26-5-10-36(56-4)34(17-26)33-8-6-28(38(41,42)43)16-27(33)22-53(21-25-14-29(39(44,45)46)18-30(15-25)40(47,48)49)37-51-19-31(20-52-37)57-11-12-58(54,55)32-7-9-35(50)24(3)13-32/h5-10,13-20,23H,11-12,21-22,50H2,1-4H3. The van der Waals surface area contributed by atoms with E-state index in [-0.39, 0.29) is 52.1 Å². The van der Waals surface area contributed by atoms with Crippen LogP contribution >= 0.6 is 0 Å². The number of sulfone groups is 1. The van der Waals surface area contributed by atoms with Crippen molar-refractivity contribution in [2.45, 2.75) is 63.2 Å². The molecule has 5 rings (SSSR count). The molecule has 310 valence electrons. The number of nitrogen functional groups attached to an aromatic ring is 1. The topological polar surface area (TPSA) is 108 Å². The molecule has 58 heavy (non-hydrogen) atoms. The lowest BCUT2D eigenvalue weighted by Gasteiger charge is -2.26. The second kappa shape index (κ2) is 16.8. The van der Waals surface area contributed by atoms with Gasteiger partial charge in [0.2, 0.25) is 5.95 Å². The van der Waals surface area contributed by atoms with Crippen molar-refractivity contribution in [1.82, 2.24) is 9.97 Å². The van der Waals surface area contributed by atoms with E-state index in [0.717, 1.165) is 35.0 Å². The predicted molar refractivity (Wildman–Crippen MR) is 199 cm³/mol. The van der Waals surface area contributed by atoms with Crippen molar-refractivity contribution in [3.8, 4) is 22.6 Å². The fraction of sp³-hybridized carbons (Fsp3) is 0.300. The molecular formula is C40H37F9N4O4S. The fourth-order valence-electron chi connectivity index (χ4n) is 5.97. The molecule has 0 amide bonds. The van der Waals surface area contributed by atoms with Crippen LogP contribution in [0.2, 0.25) is 0 Å². The van der Waals surface area contributed by atoms with E-state index < -0.39 is 69.5 Å². The molecule has 2 N–H and O–H groups in total. The van der Waals surface area contributed by atoms with Gasteiger partial charge in [-0.15, -0.1) is 0 Å². The lowest BCUT2D eigenvalue weighted by molar-refractivity contribution is -0.143. The number of anilines is 2. The molecule has 0 aliphatic heterocycles. The summed E-state index contributed by atoms with van der Waals surface area (Å²) in [6.45, 7) is 3.79. The van der Waals surface area contributed by atoms with Gasteiger partial charge in [-0.3, -0.25) is 0 Å². The van der Waals surface area contributed by atoms with E-state index in [9.17, 15) is 47.9 Å². The Labute approximate surface area is 328 Å². The smallest absolute Gasteiger partial charge is 0.416 e. The second-order valence-corrected chi connectivity index (χ2v) is 15.8. The van der Waals surface area contributed by atoms with Gasteiger partial charge in [0.15, 0.2) is 15.6 Å². The fourth-order valence-corrected chi connectivity index (χ4v) is 7.14. The van der Waals surface area contributed by atoms with Crippen molar-refractivity contribution in [1.29, 1.82) is 0 Å². The van der Waals surface area contributed by atoms with Crippen LogP contribution in [0.1, 0.15) is 58.7 Å². The monoisotopic (exact) mass is 840 g/mol. The number of aromatic nitrogens is 2. The first kappa shape index (κ1) is 43.6. The largest absolute Gasteiger partial charge is 0.496 e. The van der Waals surface area contributed by atoms with Crippen LogP contribution in [-0.2, 0) is 41.5 Å². The van der Waals surface area contributed by atoms with Gasteiger partial charge in [-0.1, -0.05) is 26.0 Å². The summed E-state index contributed by atoms with van der Waals surface area (Å²) in [4.78, 5) is 9.50. The van der Waals surface area contributed by atoms with Gasteiger partial charge in [-0.25, -0.2) is 18.4 Å². The normalized spacial score (nSPS) is 12.5. The number of ether oxygens (including phenoxy) is 2. The first-order valence-corrected chi connectivity index (χ1v) is 19.1. The molecule has 0 aliphatic rings. The number of methoxy groups -OCH3 is 1. The van der Waals surface area contributed by atoms with Crippen molar-refractivity contribution in [3.05, 3.63) is 124 Å². The number of aryl methyl sites for hydroxylation is 1. The highest BCUT2D eigenvalue weighted by Gasteiger charge is 2.37. The third-order valence-electron chi connectivity index (χ3n) is 9.11. The van der Waals surface area contributed by atoms with E-state index in [1.807, 2.05) is 13.8 Å². The molecule has 0 radical (unpaired) electrons. The van der Waals surface area contributed by atoms with Crippen LogP contribution in [0, 0.1) is 6.92 Å². The summed E-state index contributed by atoms with van der Waals surface area (Å²) in [7, 11) is -2.46. The number of hydrogen-bond donors (Lipinski definition) is 1. The van der Waals surface area contributed by atoms with Crippen LogP contribution in [0.25, 0.3) is 11.1 Å². The Hall–Kier alpha value is -5.52. The lowest BCUT2D eigenvalue weighted by Crippen LogP contribution is -2.26. The number of nitrogens with two attached hydrogens (primary N) is 1. The Bertz CT molecular complexity index is 2330. The average molecular weight is 841 g/mol. The third kappa shape index (κ3) is 10.5. The number of nitrogens with zero attached hydrogens (tertiary/aromatic N) is 3. The molecule has 1 aromatic heterocycles. The molecular weight excluding hydrogens is 804 g/mol. The first-order valence-electron chi connectivity index (χ1n) is 17.4. The van der Waals surface area contributed by atoms with Crippen LogP contribution < -0.4 is 20.1 Å². The summed E-state index contributed by atoms with van der Waals surface area (Å²) >= 11 is 0. The van der Waals surface area contributed by atoms with Crippen LogP contribution in [0.15, 0.2) is 90.1 Å². The minimum Gasteiger partial charge on any atom is -0.496 e. The van der Waals surface area contributed by atoms with Gasteiger partial charge < -0.3 is 20.1 Å². The van der Waals surface area contributed by atoms with E-state index in [2.05, 4.69) is 9.97 Å². The predicted octanol–water partition coefficient (Wildman–Crippen LogP) is 10.3. The lowest BCUT2D eigenvalue weighted by atomic mass is 9.92. The van der Waals surface area contributed by atoms with E-state index in [4.69, 9.17) is 15.2 Å². The molecule has 18 heteroatoms. The van der Waals surface area contributed by atoms with E-state index in [0.29, 0.717) is 28.9 Å². The van der Waals surface area contributed by atoms with Gasteiger partial charge in [-0.05, 0) is 101 Å². The number of hydrogen-bond acceptors (Lipinski definition) is 8. The Morgan fingerprint density at radius 1 is 0.741 bits per heavy atom. The van der Waals surface area contributed by atoms with Crippen molar-refractivity contribution < 1.29 is 57.4 Å². The summed E-state index contributed by atoms with van der Waals surface area (Å²) in [5.74, 6) is -0.563. The molecule has 0 atom stereocenters. The van der Waals surface area contributed by atoms with E-state index >= 15 is 0 Å². The maximum Gasteiger partial charge on any atom is 0.416 e. The highest BCUT2D eigenvalue weighted by molar-refractivity contribution is 7.91. The molecule has 0 unspecified atom stereocenters. The Morgan fingerprint density at radius 2 is 1.36 bits per heavy atom. The average Bonchev–Trinajstić information content (AvgIpc) is 3.14. The Morgan fingerprint density at radius 3 is 1.91 bits per heavy atom. The molecule has 5 aromatic rings. The van der Waals surface area contributed by atoms with Gasteiger partial charge in [0, 0.05) is 24.3 Å². The zero-order valence-electron chi connectivity index (χ0n) is 31.4. The van der Waals surface area contributed by atoms with Crippen molar-refractivity contribution in [2.24, 2.45) is 0 Å². The van der Waals surface area contributed by atoms with E-state index in [1.54, 1.807) is 25.1 Å². The quantitative estimate of drug-likeness (QED) is 0.0923. The highest BCUT2D eigenvalue weighted by Crippen LogP contribution is 2.40. The number of halogens is 9. The summed E-state index contributed by atoms with van der Waals surface area (Å²) in [5.41, 5.74) is 3.35.